The van der Waals surface area contributed by atoms with Gasteiger partial charge in [-0.15, -0.1) is 0 Å². The summed E-state index contributed by atoms with van der Waals surface area (Å²) in [6.45, 7) is 2.01. The molecule has 0 spiro atoms. The van der Waals surface area contributed by atoms with E-state index in [4.69, 9.17) is 5.11 Å². The highest BCUT2D eigenvalue weighted by Crippen LogP contribution is 2.14. The van der Waals surface area contributed by atoms with E-state index in [-0.39, 0.29) is 12.3 Å². The third-order valence-electron chi connectivity index (χ3n) is 2.43. The molecule has 0 saturated carbocycles. The zero-order chi connectivity index (χ0) is 10.6. The fraction of sp³-hybridized carbons (Fsp3) is 0.600. The first-order chi connectivity index (χ1) is 6.63. The van der Waals surface area contributed by atoms with Gasteiger partial charge in [0, 0.05) is 32.3 Å². The van der Waals surface area contributed by atoms with Gasteiger partial charge >= 0.3 is 5.97 Å². The first kappa shape index (κ1) is 10.8. The molecule has 0 aromatic carbocycles. The summed E-state index contributed by atoms with van der Waals surface area (Å²) >= 11 is 0. The summed E-state index contributed by atoms with van der Waals surface area (Å²) in [6.07, 6.45) is 5.46. The molecule has 0 aliphatic carbocycles. The van der Waals surface area contributed by atoms with Gasteiger partial charge in [0.25, 0.3) is 0 Å². The van der Waals surface area contributed by atoms with Crippen LogP contribution >= 0.6 is 0 Å². The zero-order valence-corrected chi connectivity index (χ0v) is 8.60. The van der Waals surface area contributed by atoms with Crippen LogP contribution < -0.4 is 0 Å². The summed E-state index contributed by atoms with van der Waals surface area (Å²) in [4.78, 5) is 14.7. The van der Waals surface area contributed by atoms with Crippen LogP contribution in [0.4, 0.5) is 0 Å². The number of aryl methyl sites for hydroxylation is 1. The maximum atomic E-state index is 10.6. The van der Waals surface area contributed by atoms with E-state index in [0.29, 0.717) is 0 Å². The van der Waals surface area contributed by atoms with E-state index in [9.17, 15) is 4.79 Å². The molecule has 0 fully saturated rings. The molecule has 0 radical (unpaired) electrons. The number of hydrogen-bond donors (Lipinski definition) is 1. The Kier molecular flexibility index (Phi) is 3.68. The first-order valence-corrected chi connectivity index (χ1v) is 4.81. The molecule has 1 atom stereocenters. The topological polar surface area (TPSA) is 55.1 Å². The number of carboxylic acid groups (broad SMARTS) is 1. The molecule has 1 N–H and O–H groups in total. The van der Waals surface area contributed by atoms with Gasteiger partial charge in [-0.3, -0.25) is 4.79 Å². The number of carboxylic acids is 1. The molecule has 0 saturated heterocycles. The molecule has 1 heterocycles. The minimum Gasteiger partial charge on any atom is -0.481 e. The third-order valence-corrected chi connectivity index (χ3v) is 2.43. The van der Waals surface area contributed by atoms with E-state index < -0.39 is 5.97 Å². The highest BCUT2D eigenvalue weighted by molar-refractivity contribution is 5.67. The summed E-state index contributed by atoms with van der Waals surface area (Å²) in [5.41, 5.74) is 0. The molecule has 14 heavy (non-hydrogen) atoms. The Bertz CT molecular complexity index is 307. The Morgan fingerprint density at radius 3 is 2.86 bits per heavy atom. The van der Waals surface area contributed by atoms with E-state index in [0.717, 1.165) is 18.7 Å². The molecular formula is C10H16N2O2. The van der Waals surface area contributed by atoms with E-state index in [2.05, 4.69) is 4.98 Å². The molecule has 1 aromatic heterocycles. The Hall–Kier alpha value is -1.32. The van der Waals surface area contributed by atoms with Crippen LogP contribution in [0.25, 0.3) is 0 Å². The van der Waals surface area contributed by atoms with Crippen molar-refractivity contribution < 1.29 is 9.90 Å². The molecule has 1 unspecified atom stereocenters. The Balaban J connectivity index is 2.57. The SMILES string of the molecule is CCC(CC(=O)O)Cc1nccn1C. The minimum atomic E-state index is -0.731. The second-order valence-corrected chi connectivity index (χ2v) is 3.53. The molecule has 4 nitrogen and oxygen atoms in total. The molecule has 1 aromatic rings. The van der Waals surface area contributed by atoms with Gasteiger partial charge in [-0.1, -0.05) is 13.3 Å². The quantitative estimate of drug-likeness (QED) is 0.775. The van der Waals surface area contributed by atoms with Gasteiger partial charge in [0.15, 0.2) is 0 Å². The molecule has 4 heteroatoms. The summed E-state index contributed by atoms with van der Waals surface area (Å²) in [5, 5.41) is 8.69. The Labute approximate surface area is 83.6 Å². The molecule has 0 bridgehead atoms. The van der Waals surface area contributed by atoms with Gasteiger partial charge in [-0.25, -0.2) is 4.98 Å². The lowest BCUT2D eigenvalue weighted by Gasteiger charge is -2.11. The number of imidazole rings is 1. The van der Waals surface area contributed by atoms with Crippen LogP contribution in [-0.2, 0) is 18.3 Å². The van der Waals surface area contributed by atoms with E-state index in [1.807, 2.05) is 24.7 Å². The van der Waals surface area contributed by atoms with E-state index in [1.165, 1.54) is 0 Å². The average molecular weight is 196 g/mol. The van der Waals surface area contributed by atoms with Crippen LogP contribution in [0.15, 0.2) is 12.4 Å². The van der Waals surface area contributed by atoms with Crippen LogP contribution in [-0.4, -0.2) is 20.6 Å². The summed E-state index contributed by atoms with van der Waals surface area (Å²) in [5.74, 6) is 0.415. The van der Waals surface area contributed by atoms with Crippen molar-refractivity contribution >= 4 is 5.97 Å². The van der Waals surface area contributed by atoms with Gasteiger partial charge in [0.2, 0.25) is 0 Å². The summed E-state index contributed by atoms with van der Waals surface area (Å²) < 4.78 is 1.94. The molecule has 78 valence electrons. The van der Waals surface area contributed by atoms with Crippen molar-refractivity contribution in [2.75, 3.05) is 0 Å². The highest BCUT2D eigenvalue weighted by atomic mass is 16.4. The summed E-state index contributed by atoms with van der Waals surface area (Å²) in [7, 11) is 1.93. The minimum absolute atomic E-state index is 0.189. The second-order valence-electron chi connectivity index (χ2n) is 3.53. The highest BCUT2D eigenvalue weighted by Gasteiger charge is 2.13. The van der Waals surface area contributed by atoms with E-state index in [1.54, 1.807) is 6.20 Å². The second kappa shape index (κ2) is 4.79. The first-order valence-electron chi connectivity index (χ1n) is 4.81. The molecule has 0 aliphatic heterocycles. The van der Waals surface area contributed by atoms with Gasteiger partial charge in [-0.05, 0) is 5.92 Å². The number of hydrogen-bond acceptors (Lipinski definition) is 2. The maximum absolute atomic E-state index is 10.6. The van der Waals surface area contributed by atoms with Crippen molar-refractivity contribution in [3.63, 3.8) is 0 Å². The Morgan fingerprint density at radius 2 is 2.43 bits per heavy atom. The lowest BCUT2D eigenvalue weighted by molar-refractivity contribution is -0.138. The number of aromatic nitrogens is 2. The fourth-order valence-corrected chi connectivity index (χ4v) is 1.46. The fourth-order valence-electron chi connectivity index (χ4n) is 1.46. The average Bonchev–Trinajstić information content (AvgIpc) is 2.50. The van der Waals surface area contributed by atoms with Gasteiger partial charge in [0.05, 0.1) is 0 Å². The number of rotatable bonds is 5. The standard InChI is InChI=1S/C10H16N2O2/c1-3-8(7-10(13)14)6-9-11-4-5-12(9)2/h4-5,8H,3,6-7H2,1-2H3,(H,13,14). The van der Waals surface area contributed by atoms with Crippen LogP contribution in [0, 0.1) is 5.92 Å². The van der Waals surface area contributed by atoms with Gasteiger partial charge < -0.3 is 9.67 Å². The monoisotopic (exact) mass is 196 g/mol. The van der Waals surface area contributed by atoms with Crippen LogP contribution in [0.1, 0.15) is 25.6 Å². The molecular weight excluding hydrogens is 180 g/mol. The van der Waals surface area contributed by atoms with Crippen molar-refractivity contribution in [1.82, 2.24) is 9.55 Å². The maximum Gasteiger partial charge on any atom is 0.303 e. The van der Waals surface area contributed by atoms with Crippen molar-refractivity contribution in [1.29, 1.82) is 0 Å². The van der Waals surface area contributed by atoms with Crippen LogP contribution in [0.3, 0.4) is 0 Å². The lowest BCUT2D eigenvalue weighted by atomic mass is 9.98. The molecule has 0 aliphatic rings. The van der Waals surface area contributed by atoms with Crippen molar-refractivity contribution in [2.24, 2.45) is 13.0 Å². The zero-order valence-electron chi connectivity index (χ0n) is 8.60. The van der Waals surface area contributed by atoms with Crippen molar-refractivity contribution in [2.45, 2.75) is 26.2 Å². The number of nitrogens with zero attached hydrogens (tertiary/aromatic N) is 2. The predicted molar refractivity (Wildman–Crippen MR) is 52.9 cm³/mol. The molecule has 0 amide bonds. The normalized spacial score (nSPS) is 12.7. The predicted octanol–water partition coefficient (Wildman–Crippen LogP) is 1.46. The summed E-state index contributed by atoms with van der Waals surface area (Å²) in [6, 6.07) is 0. The van der Waals surface area contributed by atoms with Gasteiger partial charge in [0.1, 0.15) is 5.82 Å². The van der Waals surface area contributed by atoms with Crippen molar-refractivity contribution in [3.05, 3.63) is 18.2 Å². The Morgan fingerprint density at radius 1 is 1.71 bits per heavy atom. The lowest BCUT2D eigenvalue weighted by Crippen LogP contribution is -2.12. The third kappa shape index (κ3) is 2.87. The van der Waals surface area contributed by atoms with Crippen LogP contribution in [0.5, 0.6) is 0 Å². The number of aliphatic carboxylic acids is 1. The van der Waals surface area contributed by atoms with Gasteiger partial charge in [-0.2, -0.15) is 0 Å². The van der Waals surface area contributed by atoms with Crippen molar-refractivity contribution in [3.8, 4) is 0 Å². The molecule has 1 rings (SSSR count). The number of carbonyl (C=O) groups is 1. The largest absolute Gasteiger partial charge is 0.481 e. The van der Waals surface area contributed by atoms with E-state index >= 15 is 0 Å². The smallest absolute Gasteiger partial charge is 0.303 e. The van der Waals surface area contributed by atoms with Crippen LogP contribution in [0.2, 0.25) is 0 Å².